The van der Waals surface area contributed by atoms with Crippen LogP contribution in [0.2, 0.25) is 0 Å². The molecule has 0 spiro atoms. The average Bonchev–Trinajstić information content (AvgIpc) is 3.09. The van der Waals surface area contributed by atoms with Crippen molar-refractivity contribution in [1.29, 1.82) is 0 Å². The summed E-state index contributed by atoms with van der Waals surface area (Å²) in [5.41, 5.74) is 0.378. The van der Waals surface area contributed by atoms with Crippen LogP contribution in [-0.2, 0) is 26.7 Å². The highest BCUT2D eigenvalue weighted by Gasteiger charge is 2.18. The van der Waals surface area contributed by atoms with Crippen molar-refractivity contribution in [2.45, 2.75) is 46.3 Å². The fourth-order valence-corrected chi connectivity index (χ4v) is 3.86. The van der Waals surface area contributed by atoms with E-state index in [0.29, 0.717) is 59.9 Å². The topological polar surface area (TPSA) is 122 Å². The van der Waals surface area contributed by atoms with E-state index < -0.39 is 11.2 Å². The quantitative estimate of drug-likeness (QED) is 0.431. The van der Waals surface area contributed by atoms with E-state index in [1.54, 1.807) is 17.7 Å². The minimum Gasteiger partial charge on any atom is -0.324 e. The van der Waals surface area contributed by atoms with Crippen LogP contribution in [0.15, 0.2) is 38.6 Å². The van der Waals surface area contributed by atoms with Crippen molar-refractivity contribution in [2.75, 3.05) is 6.54 Å². The van der Waals surface area contributed by atoms with E-state index >= 15 is 0 Å². The van der Waals surface area contributed by atoms with Crippen LogP contribution in [-0.4, -0.2) is 40.5 Å². The van der Waals surface area contributed by atoms with Crippen molar-refractivity contribution in [2.24, 2.45) is 7.05 Å². The highest BCUT2D eigenvalue weighted by Crippen LogP contribution is 2.14. The molecule has 168 valence electrons. The van der Waals surface area contributed by atoms with E-state index in [1.807, 2.05) is 32.0 Å². The van der Waals surface area contributed by atoms with Crippen molar-refractivity contribution in [3.8, 4) is 0 Å². The highest BCUT2D eigenvalue weighted by atomic mass is 16.2. The van der Waals surface area contributed by atoms with E-state index in [9.17, 15) is 14.4 Å². The first kappa shape index (κ1) is 21.7. The monoisotopic (exact) mass is 437 g/mol. The van der Waals surface area contributed by atoms with Gasteiger partial charge in [0.25, 0.3) is 11.1 Å². The number of hydrogen-bond donors (Lipinski definition) is 2. The molecule has 1 aromatic carbocycles. The van der Waals surface area contributed by atoms with E-state index in [0.717, 1.165) is 12.8 Å². The standard InChI is InChI=1S/C22H27N7O3/c1-4-6-11-29-19-18(21(31)26-22(29)32)27(3)17(25-19)13-28(5-2)12-16-23-15-10-8-7-9-14(15)20(30)24-16/h7-10H,4-6,11-13H2,1-3H3,(H,23,24,30)(H,26,31,32). The lowest BCUT2D eigenvalue weighted by Gasteiger charge is -2.19. The number of nitrogens with one attached hydrogen (secondary N) is 2. The molecular weight excluding hydrogens is 410 g/mol. The summed E-state index contributed by atoms with van der Waals surface area (Å²) < 4.78 is 3.26. The summed E-state index contributed by atoms with van der Waals surface area (Å²) in [6, 6.07) is 7.23. The molecule has 3 heterocycles. The van der Waals surface area contributed by atoms with Gasteiger partial charge >= 0.3 is 5.69 Å². The Labute approximate surface area is 183 Å². The van der Waals surface area contributed by atoms with Crippen LogP contribution in [0, 0.1) is 0 Å². The molecule has 0 radical (unpaired) electrons. The zero-order valence-electron chi connectivity index (χ0n) is 18.5. The van der Waals surface area contributed by atoms with Gasteiger partial charge in [-0.1, -0.05) is 32.4 Å². The summed E-state index contributed by atoms with van der Waals surface area (Å²) in [4.78, 5) is 53.8. The number of H-pyrrole nitrogens is 2. The molecular formula is C22H27N7O3. The first-order valence-electron chi connectivity index (χ1n) is 10.8. The largest absolute Gasteiger partial charge is 0.330 e. The van der Waals surface area contributed by atoms with Gasteiger partial charge < -0.3 is 9.55 Å². The van der Waals surface area contributed by atoms with Crippen molar-refractivity contribution in [3.63, 3.8) is 0 Å². The maximum Gasteiger partial charge on any atom is 0.330 e. The van der Waals surface area contributed by atoms with Crippen LogP contribution in [0.1, 0.15) is 38.3 Å². The highest BCUT2D eigenvalue weighted by molar-refractivity contribution is 5.77. The Kier molecular flexibility index (Phi) is 6.04. The van der Waals surface area contributed by atoms with Gasteiger partial charge in [-0.15, -0.1) is 0 Å². The number of rotatable bonds is 8. The van der Waals surface area contributed by atoms with Crippen LogP contribution in [0.4, 0.5) is 0 Å². The van der Waals surface area contributed by atoms with Crippen LogP contribution in [0.25, 0.3) is 22.1 Å². The first-order valence-corrected chi connectivity index (χ1v) is 10.8. The number of aromatic nitrogens is 6. The van der Waals surface area contributed by atoms with E-state index in [4.69, 9.17) is 0 Å². The number of fused-ring (bicyclic) bond motifs is 2. The Morgan fingerprint density at radius 2 is 1.78 bits per heavy atom. The summed E-state index contributed by atoms with van der Waals surface area (Å²) >= 11 is 0. The number of imidazole rings is 1. The second-order valence-electron chi connectivity index (χ2n) is 7.86. The maximum absolute atomic E-state index is 12.5. The fourth-order valence-electron chi connectivity index (χ4n) is 3.86. The minimum atomic E-state index is -0.442. The van der Waals surface area contributed by atoms with Gasteiger partial charge in [-0.25, -0.2) is 14.8 Å². The van der Waals surface area contributed by atoms with Crippen LogP contribution in [0.3, 0.4) is 0 Å². The second-order valence-corrected chi connectivity index (χ2v) is 7.86. The van der Waals surface area contributed by atoms with E-state index in [-0.39, 0.29) is 5.56 Å². The number of aryl methyl sites for hydroxylation is 2. The lowest BCUT2D eigenvalue weighted by Crippen LogP contribution is -2.31. The molecule has 0 aliphatic carbocycles. The zero-order chi connectivity index (χ0) is 22.8. The second kappa shape index (κ2) is 8.91. The Morgan fingerprint density at radius 1 is 1.00 bits per heavy atom. The molecule has 0 fully saturated rings. The van der Waals surface area contributed by atoms with Crippen LogP contribution < -0.4 is 16.8 Å². The summed E-state index contributed by atoms with van der Waals surface area (Å²) in [6.07, 6.45) is 1.74. The molecule has 32 heavy (non-hydrogen) atoms. The van der Waals surface area contributed by atoms with Crippen LogP contribution >= 0.6 is 0 Å². The van der Waals surface area contributed by atoms with Crippen molar-refractivity contribution in [3.05, 3.63) is 67.1 Å². The average molecular weight is 438 g/mol. The smallest absolute Gasteiger partial charge is 0.324 e. The molecule has 0 aliphatic heterocycles. The summed E-state index contributed by atoms with van der Waals surface area (Å²) in [5.74, 6) is 1.22. The van der Waals surface area contributed by atoms with Gasteiger partial charge in [0.1, 0.15) is 11.6 Å². The number of aromatic amines is 2. The van der Waals surface area contributed by atoms with Gasteiger partial charge in [0, 0.05) is 13.6 Å². The Morgan fingerprint density at radius 3 is 2.53 bits per heavy atom. The number of unbranched alkanes of at least 4 members (excludes halogenated alkanes) is 1. The van der Waals surface area contributed by atoms with Crippen molar-refractivity contribution >= 4 is 22.1 Å². The zero-order valence-corrected chi connectivity index (χ0v) is 18.5. The van der Waals surface area contributed by atoms with E-state index in [2.05, 4.69) is 24.8 Å². The molecule has 0 saturated carbocycles. The minimum absolute atomic E-state index is 0.171. The summed E-state index contributed by atoms with van der Waals surface area (Å²) in [5, 5.41) is 0.555. The molecule has 0 unspecified atom stereocenters. The number of para-hydroxylation sites is 1. The van der Waals surface area contributed by atoms with Gasteiger partial charge in [-0.3, -0.25) is 24.0 Å². The Hall–Kier alpha value is -3.53. The number of benzene rings is 1. The first-order chi connectivity index (χ1) is 15.4. The van der Waals surface area contributed by atoms with Gasteiger partial charge in [-0.05, 0) is 25.1 Å². The SMILES string of the molecule is CCCCn1c(=O)[nH]c(=O)c2c1nc(CN(CC)Cc1nc3ccccc3c(=O)[nH]1)n2C. The molecule has 2 N–H and O–H groups in total. The molecule has 0 amide bonds. The van der Waals surface area contributed by atoms with Crippen molar-refractivity contribution < 1.29 is 0 Å². The fraction of sp³-hybridized carbons (Fsp3) is 0.409. The Balaban J connectivity index is 1.68. The predicted octanol–water partition coefficient (Wildman–Crippen LogP) is 1.48. The maximum atomic E-state index is 12.5. The molecule has 4 aromatic rings. The van der Waals surface area contributed by atoms with E-state index in [1.165, 1.54) is 4.57 Å². The molecule has 10 heteroatoms. The normalized spacial score (nSPS) is 11.8. The molecule has 0 aliphatic rings. The third-order valence-corrected chi connectivity index (χ3v) is 5.69. The van der Waals surface area contributed by atoms with Gasteiger partial charge in [0.15, 0.2) is 11.2 Å². The third kappa shape index (κ3) is 4.01. The van der Waals surface area contributed by atoms with Crippen LogP contribution in [0.5, 0.6) is 0 Å². The lowest BCUT2D eigenvalue weighted by molar-refractivity contribution is 0.255. The molecule has 0 atom stereocenters. The molecule has 3 aromatic heterocycles. The van der Waals surface area contributed by atoms with Gasteiger partial charge in [-0.2, -0.15) is 0 Å². The summed E-state index contributed by atoms with van der Waals surface area (Å²) in [7, 11) is 1.78. The summed E-state index contributed by atoms with van der Waals surface area (Å²) in [6.45, 7) is 6.07. The molecule has 10 nitrogen and oxygen atoms in total. The van der Waals surface area contributed by atoms with Gasteiger partial charge in [0.2, 0.25) is 0 Å². The Bertz CT molecular complexity index is 1440. The molecule has 0 bridgehead atoms. The van der Waals surface area contributed by atoms with Crippen molar-refractivity contribution in [1.82, 2.24) is 34.0 Å². The number of hydrogen-bond acceptors (Lipinski definition) is 6. The third-order valence-electron chi connectivity index (χ3n) is 5.69. The molecule has 0 saturated heterocycles. The van der Waals surface area contributed by atoms with Gasteiger partial charge in [0.05, 0.1) is 24.0 Å². The number of nitrogens with zero attached hydrogens (tertiary/aromatic N) is 5. The molecule has 4 rings (SSSR count). The predicted molar refractivity (Wildman–Crippen MR) is 123 cm³/mol. The lowest BCUT2D eigenvalue weighted by atomic mass is 10.2.